The van der Waals surface area contributed by atoms with Crippen LogP contribution in [-0.2, 0) is 22.4 Å². The van der Waals surface area contributed by atoms with Crippen LogP contribution in [0.1, 0.15) is 75.7 Å². The summed E-state index contributed by atoms with van der Waals surface area (Å²) in [6.45, 7) is 6.05. The Bertz CT molecular complexity index is 1910. The number of fused-ring (bicyclic) bond motifs is 1. The van der Waals surface area contributed by atoms with Crippen molar-refractivity contribution < 1.29 is 14.1 Å². The first-order valence-corrected chi connectivity index (χ1v) is 15.8. The molecule has 0 aliphatic heterocycles. The third-order valence-corrected chi connectivity index (χ3v) is 8.82. The summed E-state index contributed by atoms with van der Waals surface area (Å²) in [5.74, 6) is -0.138. The number of ether oxygens (including phenoxy) is 1. The molecule has 10 heteroatoms. The molecule has 6 rings (SSSR count). The highest BCUT2D eigenvalue weighted by molar-refractivity contribution is 5.81. The molecule has 3 heterocycles. The summed E-state index contributed by atoms with van der Waals surface area (Å²) in [5.41, 5.74) is 6.23. The van der Waals surface area contributed by atoms with Crippen molar-refractivity contribution in [3.05, 3.63) is 98.5 Å². The summed E-state index contributed by atoms with van der Waals surface area (Å²) in [6, 6.07) is 17.8. The smallest absolute Gasteiger partial charge is 0.370 e. The summed E-state index contributed by atoms with van der Waals surface area (Å²) in [6.07, 6.45) is 7.15. The lowest BCUT2D eigenvalue weighted by Crippen LogP contribution is -2.35. The van der Waals surface area contributed by atoms with E-state index in [1.807, 2.05) is 77.5 Å². The molecule has 0 saturated heterocycles. The number of rotatable bonds is 11. The van der Waals surface area contributed by atoms with Crippen molar-refractivity contribution in [2.75, 3.05) is 6.61 Å². The number of H-pyrrole nitrogens is 1. The normalized spacial score (nSPS) is 16.9. The number of aryl methyl sites for hydroxylation is 1. The molecule has 234 valence electrons. The first-order valence-electron chi connectivity index (χ1n) is 15.8. The van der Waals surface area contributed by atoms with Gasteiger partial charge < -0.3 is 4.74 Å². The van der Waals surface area contributed by atoms with Crippen LogP contribution < -0.4 is 11.3 Å². The molecule has 1 fully saturated rings. The molecule has 0 amide bonds. The zero-order valence-corrected chi connectivity index (χ0v) is 26.0. The summed E-state index contributed by atoms with van der Waals surface area (Å²) in [7, 11) is 0. The van der Waals surface area contributed by atoms with Crippen LogP contribution in [0, 0.1) is 5.92 Å². The minimum Gasteiger partial charge on any atom is -0.370 e. The molecule has 0 unspecified atom stereocenters. The second kappa shape index (κ2) is 13.2. The van der Waals surface area contributed by atoms with Crippen LogP contribution in [0.3, 0.4) is 0 Å². The number of aromatic amines is 1. The van der Waals surface area contributed by atoms with Crippen molar-refractivity contribution in [2.24, 2.45) is 5.92 Å². The van der Waals surface area contributed by atoms with E-state index in [0.29, 0.717) is 12.2 Å². The van der Waals surface area contributed by atoms with Gasteiger partial charge in [0.2, 0.25) is 0 Å². The van der Waals surface area contributed by atoms with Crippen molar-refractivity contribution >= 4 is 11.4 Å². The Morgan fingerprint density at radius 3 is 2.42 bits per heavy atom. The number of hydrogen-bond acceptors (Lipinski definition) is 7. The van der Waals surface area contributed by atoms with Crippen molar-refractivity contribution in [3.63, 3.8) is 0 Å². The van der Waals surface area contributed by atoms with Crippen LogP contribution in [0.5, 0.6) is 0 Å². The summed E-state index contributed by atoms with van der Waals surface area (Å²) < 4.78 is 14.6. The Hall–Kier alpha value is -4.57. The van der Waals surface area contributed by atoms with Gasteiger partial charge in [-0.25, -0.2) is 9.31 Å². The number of aromatic nitrogens is 5. The molecule has 2 aromatic carbocycles. The minimum absolute atomic E-state index is 0.0339. The molecule has 0 atom stereocenters. The standard InChI is InChI=1S/C35H39N5O5/c1-4-7-30-29(20-23-10-12-24(13-11-23)27-8-5-6-9-28(27)33-37-35(43)45-38-33)34(42)39(32-18-19-36-40(30)32)25-14-16-26(17-15-25)44-21-31(41)22(2)3/h5-6,8-13,18-19,22,25-26H,4,7,14-17,20-21H2,1-3H3,(H,37,38,43). The van der Waals surface area contributed by atoms with E-state index in [-0.39, 0.29) is 36.0 Å². The fourth-order valence-corrected chi connectivity index (χ4v) is 6.34. The molecule has 0 spiro atoms. The van der Waals surface area contributed by atoms with E-state index < -0.39 is 5.76 Å². The average molecular weight is 610 g/mol. The molecule has 1 aliphatic rings. The van der Waals surface area contributed by atoms with Gasteiger partial charge in [0.05, 0.1) is 18.0 Å². The van der Waals surface area contributed by atoms with Crippen LogP contribution in [-0.4, -0.2) is 42.8 Å². The molecule has 5 aromatic rings. The molecule has 0 bridgehead atoms. The quantitative estimate of drug-likeness (QED) is 0.201. The Balaban J connectivity index is 1.28. The molecule has 0 radical (unpaired) electrons. The van der Waals surface area contributed by atoms with Gasteiger partial charge in [-0.05, 0) is 48.8 Å². The molecular weight excluding hydrogens is 570 g/mol. The predicted molar refractivity (Wildman–Crippen MR) is 171 cm³/mol. The van der Waals surface area contributed by atoms with Crippen molar-refractivity contribution in [1.82, 2.24) is 24.3 Å². The maximum absolute atomic E-state index is 14.3. The maximum Gasteiger partial charge on any atom is 0.439 e. The number of carbonyl (C=O) groups is 1. The third kappa shape index (κ3) is 6.33. The summed E-state index contributed by atoms with van der Waals surface area (Å²) in [4.78, 5) is 40.6. The third-order valence-electron chi connectivity index (χ3n) is 8.82. The van der Waals surface area contributed by atoms with Gasteiger partial charge >= 0.3 is 5.76 Å². The monoisotopic (exact) mass is 609 g/mol. The van der Waals surface area contributed by atoms with Gasteiger partial charge in [-0.1, -0.05) is 80.9 Å². The van der Waals surface area contributed by atoms with Gasteiger partial charge in [-0.3, -0.25) is 23.7 Å². The van der Waals surface area contributed by atoms with Gasteiger partial charge in [0.15, 0.2) is 11.6 Å². The Labute approximate surface area is 261 Å². The highest BCUT2D eigenvalue weighted by atomic mass is 16.5. The van der Waals surface area contributed by atoms with Crippen molar-refractivity contribution in [3.8, 4) is 22.5 Å². The number of ketones is 1. The number of benzene rings is 2. The SMILES string of the molecule is CCCc1c(Cc2ccc(-c3ccccc3-c3noc(=O)[nH]3)cc2)c(=O)n(C2CCC(OCC(=O)C(C)C)CC2)c2ccnn12. The van der Waals surface area contributed by atoms with Crippen LogP contribution in [0.4, 0.5) is 0 Å². The van der Waals surface area contributed by atoms with E-state index in [0.717, 1.165) is 77.7 Å². The Kier molecular flexibility index (Phi) is 8.93. The van der Waals surface area contributed by atoms with Gasteiger partial charge in [-0.15, -0.1) is 0 Å². The highest BCUT2D eigenvalue weighted by Gasteiger charge is 2.28. The molecule has 45 heavy (non-hydrogen) atoms. The Morgan fingerprint density at radius 2 is 1.76 bits per heavy atom. The van der Waals surface area contributed by atoms with E-state index in [1.54, 1.807) is 6.20 Å². The fourth-order valence-electron chi connectivity index (χ4n) is 6.34. The summed E-state index contributed by atoms with van der Waals surface area (Å²) >= 11 is 0. The van der Waals surface area contributed by atoms with Crippen LogP contribution in [0.25, 0.3) is 28.2 Å². The van der Waals surface area contributed by atoms with Gasteiger partial charge in [-0.2, -0.15) is 5.10 Å². The second-order valence-electron chi connectivity index (χ2n) is 12.2. The number of hydrogen-bond donors (Lipinski definition) is 1. The minimum atomic E-state index is -0.600. The zero-order chi connectivity index (χ0) is 31.5. The highest BCUT2D eigenvalue weighted by Crippen LogP contribution is 2.32. The van der Waals surface area contributed by atoms with Gasteiger partial charge in [0.25, 0.3) is 5.56 Å². The fraction of sp³-hybridized carbons (Fsp3) is 0.400. The van der Waals surface area contributed by atoms with Crippen molar-refractivity contribution in [1.29, 1.82) is 0 Å². The van der Waals surface area contributed by atoms with Gasteiger partial charge in [0.1, 0.15) is 12.3 Å². The van der Waals surface area contributed by atoms with Crippen LogP contribution in [0.15, 0.2) is 74.9 Å². The van der Waals surface area contributed by atoms with E-state index >= 15 is 0 Å². The molecule has 1 saturated carbocycles. The van der Waals surface area contributed by atoms with Gasteiger partial charge in [0, 0.05) is 35.6 Å². The van der Waals surface area contributed by atoms with E-state index in [1.165, 1.54) is 0 Å². The zero-order valence-electron chi connectivity index (χ0n) is 26.0. The molecule has 1 N–H and O–H groups in total. The number of Topliss-reactive ketones (excluding diaryl/α,β-unsaturated/α-hetero) is 1. The lowest BCUT2D eigenvalue weighted by Gasteiger charge is -2.31. The first kappa shape index (κ1) is 30.5. The van der Waals surface area contributed by atoms with Crippen LogP contribution >= 0.6 is 0 Å². The van der Waals surface area contributed by atoms with Crippen LogP contribution in [0.2, 0.25) is 0 Å². The molecular formula is C35H39N5O5. The second-order valence-corrected chi connectivity index (χ2v) is 12.2. The molecule has 10 nitrogen and oxygen atoms in total. The van der Waals surface area contributed by atoms with Crippen molar-refractivity contribution in [2.45, 2.75) is 77.9 Å². The van der Waals surface area contributed by atoms with E-state index in [4.69, 9.17) is 9.26 Å². The number of nitrogens with one attached hydrogen (secondary N) is 1. The molecule has 3 aromatic heterocycles. The lowest BCUT2D eigenvalue weighted by atomic mass is 9.92. The Morgan fingerprint density at radius 1 is 1.02 bits per heavy atom. The topological polar surface area (TPSA) is 124 Å². The van der Waals surface area contributed by atoms with E-state index in [9.17, 15) is 14.4 Å². The lowest BCUT2D eigenvalue weighted by molar-refractivity contribution is -0.129. The largest absolute Gasteiger partial charge is 0.439 e. The summed E-state index contributed by atoms with van der Waals surface area (Å²) in [5, 5.41) is 8.53. The first-order chi connectivity index (χ1) is 21.8. The van der Waals surface area contributed by atoms with E-state index in [2.05, 4.69) is 22.2 Å². The molecule has 1 aliphatic carbocycles. The number of carbonyl (C=O) groups excluding carboxylic acids is 1. The predicted octanol–water partition coefficient (Wildman–Crippen LogP) is 5.78. The average Bonchev–Trinajstić information content (AvgIpc) is 3.72. The number of nitrogens with zero attached hydrogens (tertiary/aromatic N) is 4. The maximum atomic E-state index is 14.3.